The van der Waals surface area contributed by atoms with Crippen molar-refractivity contribution in [3.8, 4) is 0 Å². The first-order chi connectivity index (χ1) is 17.6. The molecule has 3 rings (SSSR count). The molecule has 0 bridgehead atoms. The Morgan fingerprint density at radius 3 is 2.11 bits per heavy atom. The molecule has 1 N–H and O–H groups in total. The molecule has 37 heavy (non-hydrogen) atoms. The number of nitrogens with zero attached hydrogens (tertiary/aromatic N) is 2. The van der Waals surface area contributed by atoms with Gasteiger partial charge in [0, 0.05) is 24.5 Å². The van der Waals surface area contributed by atoms with Crippen LogP contribution in [-0.2, 0) is 32.6 Å². The average Bonchev–Trinajstić information content (AvgIpc) is 2.87. The predicted molar refractivity (Wildman–Crippen MR) is 148 cm³/mol. The summed E-state index contributed by atoms with van der Waals surface area (Å²) in [6, 6.07) is 22.8. The number of carbonyl (C=O) groups excluding carboxylic acids is 2. The van der Waals surface area contributed by atoms with Crippen molar-refractivity contribution in [3.05, 3.63) is 101 Å². The van der Waals surface area contributed by atoms with E-state index in [1.165, 1.54) is 11.0 Å². The van der Waals surface area contributed by atoms with Crippen LogP contribution in [0.4, 0.5) is 5.69 Å². The van der Waals surface area contributed by atoms with Crippen LogP contribution in [0.5, 0.6) is 0 Å². The van der Waals surface area contributed by atoms with Gasteiger partial charge in [0.1, 0.15) is 12.6 Å². The van der Waals surface area contributed by atoms with E-state index in [1.54, 1.807) is 19.1 Å². The van der Waals surface area contributed by atoms with E-state index in [-0.39, 0.29) is 18.9 Å². The van der Waals surface area contributed by atoms with Gasteiger partial charge in [-0.2, -0.15) is 0 Å². The third kappa shape index (κ3) is 7.81. The van der Waals surface area contributed by atoms with Gasteiger partial charge < -0.3 is 10.2 Å². The minimum Gasteiger partial charge on any atom is -0.355 e. The van der Waals surface area contributed by atoms with Crippen molar-refractivity contribution < 1.29 is 18.0 Å². The fourth-order valence-electron chi connectivity index (χ4n) is 4.07. The van der Waals surface area contributed by atoms with Crippen molar-refractivity contribution in [1.82, 2.24) is 10.2 Å². The van der Waals surface area contributed by atoms with Gasteiger partial charge in [0.25, 0.3) is 0 Å². The Labute approximate surface area is 224 Å². The lowest BCUT2D eigenvalue weighted by molar-refractivity contribution is -0.140. The highest BCUT2D eigenvalue weighted by atomic mass is 35.5. The van der Waals surface area contributed by atoms with Crippen LogP contribution in [0.3, 0.4) is 0 Å². The summed E-state index contributed by atoms with van der Waals surface area (Å²) in [5.74, 6) is -0.804. The fourth-order valence-corrected chi connectivity index (χ4v) is 5.14. The molecule has 3 aromatic carbocycles. The van der Waals surface area contributed by atoms with Crippen LogP contribution in [0, 0.1) is 6.92 Å². The number of hydrogen-bond donors (Lipinski definition) is 1. The maximum absolute atomic E-state index is 13.9. The number of halogens is 1. The summed E-state index contributed by atoms with van der Waals surface area (Å²) in [6.07, 6.45) is 1.33. The van der Waals surface area contributed by atoms with Crippen LogP contribution >= 0.6 is 11.6 Å². The molecule has 196 valence electrons. The van der Waals surface area contributed by atoms with Crippen molar-refractivity contribution >= 4 is 39.1 Å². The average molecular weight is 542 g/mol. The highest BCUT2D eigenvalue weighted by Gasteiger charge is 2.33. The summed E-state index contributed by atoms with van der Waals surface area (Å²) in [5, 5.41) is 3.19. The molecule has 0 heterocycles. The number of hydrogen-bond acceptors (Lipinski definition) is 4. The summed E-state index contributed by atoms with van der Waals surface area (Å²) < 4.78 is 26.7. The molecule has 0 fully saturated rings. The molecule has 0 aliphatic heterocycles. The quantitative estimate of drug-likeness (QED) is 0.394. The van der Waals surface area contributed by atoms with Gasteiger partial charge in [-0.05, 0) is 42.7 Å². The maximum Gasteiger partial charge on any atom is 0.244 e. The molecule has 0 aromatic heterocycles. The monoisotopic (exact) mass is 541 g/mol. The molecule has 7 nitrogen and oxygen atoms in total. The molecule has 0 radical (unpaired) electrons. The fraction of sp³-hybridized carbons (Fsp3) is 0.286. The van der Waals surface area contributed by atoms with Gasteiger partial charge >= 0.3 is 0 Å². The van der Waals surface area contributed by atoms with E-state index in [0.29, 0.717) is 22.8 Å². The third-order valence-corrected chi connectivity index (χ3v) is 7.30. The van der Waals surface area contributed by atoms with Gasteiger partial charge in [0.15, 0.2) is 0 Å². The van der Waals surface area contributed by atoms with Gasteiger partial charge in [-0.3, -0.25) is 13.9 Å². The normalized spacial score (nSPS) is 12.0. The number of amides is 2. The first-order valence-electron chi connectivity index (χ1n) is 12.0. The van der Waals surface area contributed by atoms with E-state index in [1.807, 2.05) is 67.6 Å². The number of rotatable bonds is 11. The molecular weight excluding hydrogens is 510 g/mol. The third-order valence-electron chi connectivity index (χ3n) is 5.94. The number of benzene rings is 3. The zero-order valence-electron chi connectivity index (χ0n) is 21.2. The second kappa shape index (κ2) is 12.7. The first kappa shape index (κ1) is 28.2. The van der Waals surface area contributed by atoms with Gasteiger partial charge in [0.05, 0.1) is 11.9 Å². The van der Waals surface area contributed by atoms with Crippen LogP contribution in [0.25, 0.3) is 0 Å². The number of nitrogens with one attached hydrogen (secondary N) is 1. The topological polar surface area (TPSA) is 86.8 Å². The molecule has 2 amide bonds. The summed E-state index contributed by atoms with van der Waals surface area (Å²) in [6.45, 7) is 3.63. The molecule has 3 aromatic rings. The van der Waals surface area contributed by atoms with Crippen molar-refractivity contribution in [3.63, 3.8) is 0 Å². The van der Waals surface area contributed by atoms with Crippen LogP contribution in [-0.4, -0.2) is 50.5 Å². The van der Waals surface area contributed by atoms with Crippen LogP contribution < -0.4 is 9.62 Å². The predicted octanol–water partition coefficient (Wildman–Crippen LogP) is 4.19. The second-order valence-electron chi connectivity index (χ2n) is 8.81. The molecule has 0 aliphatic rings. The zero-order chi connectivity index (χ0) is 27.0. The number of carbonyl (C=O) groups is 2. The Morgan fingerprint density at radius 2 is 1.54 bits per heavy atom. The highest BCUT2D eigenvalue weighted by molar-refractivity contribution is 7.92. The number of anilines is 1. The first-order valence-corrected chi connectivity index (χ1v) is 14.2. The van der Waals surface area contributed by atoms with Gasteiger partial charge in [-0.15, -0.1) is 0 Å². The Hall–Kier alpha value is -3.36. The molecule has 9 heteroatoms. The highest BCUT2D eigenvalue weighted by Crippen LogP contribution is 2.27. The van der Waals surface area contributed by atoms with Crippen LogP contribution in [0.15, 0.2) is 78.9 Å². The van der Waals surface area contributed by atoms with E-state index >= 15 is 0 Å². The van der Waals surface area contributed by atoms with Crippen molar-refractivity contribution in [2.45, 2.75) is 32.9 Å². The van der Waals surface area contributed by atoms with E-state index in [9.17, 15) is 18.0 Å². The molecule has 1 atom stereocenters. The van der Waals surface area contributed by atoms with Crippen molar-refractivity contribution in [2.75, 3.05) is 23.7 Å². The lowest BCUT2D eigenvalue weighted by Gasteiger charge is -2.33. The minimum atomic E-state index is -3.85. The second-order valence-corrected chi connectivity index (χ2v) is 11.2. The maximum atomic E-state index is 13.9. The summed E-state index contributed by atoms with van der Waals surface area (Å²) in [5.41, 5.74) is 2.68. The Kier molecular flexibility index (Phi) is 9.72. The lowest BCUT2D eigenvalue weighted by Crippen LogP contribution is -2.53. The van der Waals surface area contributed by atoms with Gasteiger partial charge in [-0.25, -0.2) is 8.42 Å². The minimum absolute atomic E-state index is 0.139. The van der Waals surface area contributed by atoms with Gasteiger partial charge in [0.2, 0.25) is 21.8 Å². The zero-order valence-corrected chi connectivity index (χ0v) is 22.8. The van der Waals surface area contributed by atoms with E-state index in [0.717, 1.165) is 21.7 Å². The Balaban J connectivity index is 2.04. The van der Waals surface area contributed by atoms with Crippen molar-refractivity contribution in [1.29, 1.82) is 0 Å². The number of likely N-dealkylation sites (N-methyl/N-ethyl adjacent to an activating group) is 1. The molecule has 0 unspecified atom stereocenters. The Morgan fingerprint density at radius 1 is 0.946 bits per heavy atom. The standard InChI is InChI=1S/C28H32ClN3O4S/c1-4-30-28(34)26(17-22-11-7-5-8-12-22)31(19-23-13-9-6-10-14-23)27(33)20-32(37(3,35)36)25-18-24(29)16-15-21(25)2/h5-16,18,26H,4,17,19-20H2,1-3H3,(H,30,34)/t26-/m0/s1. The summed E-state index contributed by atoms with van der Waals surface area (Å²) in [4.78, 5) is 28.7. The summed E-state index contributed by atoms with van der Waals surface area (Å²) >= 11 is 6.16. The molecular formula is C28H32ClN3O4S. The smallest absolute Gasteiger partial charge is 0.244 e. The molecule has 0 spiro atoms. The Bertz CT molecular complexity index is 1320. The SMILES string of the molecule is CCNC(=O)[C@H](Cc1ccccc1)N(Cc1ccccc1)C(=O)CN(c1cc(Cl)ccc1C)S(C)(=O)=O. The summed E-state index contributed by atoms with van der Waals surface area (Å²) in [7, 11) is -3.85. The molecule has 0 aliphatic carbocycles. The largest absolute Gasteiger partial charge is 0.355 e. The lowest BCUT2D eigenvalue weighted by atomic mass is 10.0. The van der Waals surface area contributed by atoms with Gasteiger partial charge in [-0.1, -0.05) is 78.3 Å². The molecule has 0 saturated heterocycles. The molecule has 0 saturated carbocycles. The van der Waals surface area contributed by atoms with Crippen LogP contribution in [0.1, 0.15) is 23.6 Å². The van der Waals surface area contributed by atoms with E-state index < -0.39 is 28.5 Å². The van der Waals surface area contributed by atoms with E-state index in [4.69, 9.17) is 11.6 Å². The van der Waals surface area contributed by atoms with Crippen LogP contribution in [0.2, 0.25) is 5.02 Å². The number of sulfonamides is 1. The number of aryl methyl sites for hydroxylation is 1. The van der Waals surface area contributed by atoms with E-state index in [2.05, 4.69) is 5.32 Å². The van der Waals surface area contributed by atoms with Crippen molar-refractivity contribution in [2.24, 2.45) is 0 Å².